The Hall–Kier alpha value is -2.31. The summed E-state index contributed by atoms with van der Waals surface area (Å²) in [6, 6.07) is 0.338. The third kappa shape index (κ3) is 3.34. The van der Waals surface area contributed by atoms with E-state index in [1.807, 2.05) is 6.92 Å². The van der Waals surface area contributed by atoms with Gasteiger partial charge in [0.1, 0.15) is 11.7 Å². The molecule has 0 saturated heterocycles. The summed E-state index contributed by atoms with van der Waals surface area (Å²) in [5.41, 5.74) is 5.31. The Kier molecular flexibility index (Phi) is 4.47. The second kappa shape index (κ2) is 5.85. The SMILES string of the molecule is CCCC(NC(=O)c1cc(C(N)=O)c[nH]1)C(=O)O. The number of hydrogen-bond donors (Lipinski definition) is 4. The number of hydrogen-bond acceptors (Lipinski definition) is 3. The molecule has 1 heterocycles. The average molecular weight is 253 g/mol. The molecule has 18 heavy (non-hydrogen) atoms. The summed E-state index contributed by atoms with van der Waals surface area (Å²) in [6.45, 7) is 1.82. The van der Waals surface area contributed by atoms with Crippen molar-refractivity contribution in [1.29, 1.82) is 0 Å². The molecule has 0 aromatic carbocycles. The highest BCUT2D eigenvalue weighted by Crippen LogP contribution is 2.04. The van der Waals surface area contributed by atoms with Gasteiger partial charge in [0.2, 0.25) is 5.91 Å². The van der Waals surface area contributed by atoms with Crippen LogP contribution in [-0.2, 0) is 4.79 Å². The van der Waals surface area contributed by atoms with E-state index in [4.69, 9.17) is 10.8 Å². The Labute approximate surface area is 103 Å². The van der Waals surface area contributed by atoms with Crippen LogP contribution in [0.2, 0.25) is 0 Å². The average Bonchev–Trinajstić information content (AvgIpc) is 2.77. The number of aromatic amines is 1. The molecular weight excluding hydrogens is 238 g/mol. The summed E-state index contributed by atoms with van der Waals surface area (Å²) in [5.74, 6) is -2.33. The maximum Gasteiger partial charge on any atom is 0.326 e. The van der Waals surface area contributed by atoms with Gasteiger partial charge >= 0.3 is 5.97 Å². The second-order valence-corrected chi connectivity index (χ2v) is 3.82. The number of carboxylic acid groups (broad SMARTS) is 1. The van der Waals surface area contributed by atoms with Gasteiger partial charge < -0.3 is 21.1 Å². The minimum absolute atomic E-state index is 0.103. The minimum atomic E-state index is -1.09. The van der Waals surface area contributed by atoms with Gasteiger partial charge in [-0.25, -0.2) is 4.79 Å². The summed E-state index contributed by atoms with van der Waals surface area (Å²) in [7, 11) is 0. The van der Waals surface area contributed by atoms with Gasteiger partial charge in [-0.1, -0.05) is 13.3 Å². The first-order valence-electron chi connectivity index (χ1n) is 5.47. The highest BCUT2D eigenvalue weighted by molar-refractivity contribution is 5.99. The van der Waals surface area contributed by atoms with E-state index in [9.17, 15) is 14.4 Å². The summed E-state index contributed by atoms with van der Waals surface area (Å²) >= 11 is 0. The van der Waals surface area contributed by atoms with Crippen LogP contribution >= 0.6 is 0 Å². The van der Waals surface area contributed by atoms with E-state index in [1.165, 1.54) is 12.3 Å². The van der Waals surface area contributed by atoms with Crippen molar-refractivity contribution in [3.05, 3.63) is 23.5 Å². The summed E-state index contributed by atoms with van der Waals surface area (Å²) in [4.78, 5) is 36.0. The van der Waals surface area contributed by atoms with Crippen LogP contribution in [0, 0.1) is 0 Å². The summed E-state index contributed by atoms with van der Waals surface area (Å²) in [6.07, 6.45) is 2.27. The highest BCUT2D eigenvalue weighted by atomic mass is 16.4. The number of rotatable bonds is 6. The van der Waals surface area contributed by atoms with Gasteiger partial charge in [-0.3, -0.25) is 9.59 Å². The first-order chi connectivity index (χ1) is 8.45. The topological polar surface area (TPSA) is 125 Å². The maximum atomic E-state index is 11.7. The zero-order valence-electron chi connectivity index (χ0n) is 9.90. The highest BCUT2D eigenvalue weighted by Gasteiger charge is 2.20. The molecule has 2 amide bonds. The molecule has 1 rings (SSSR count). The van der Waals surface area contributed by atoms with E-state index >= 15 is 0 Å². The standard InChI is InChI=1S/C11H15N3O4/c1-2-3-7(11(17)18)14-10(16)8-4-6(5-13-8)9(12)15/h4-5,7,13H,2-3H2,1H3,(H2,12,15)(H,14,16)(H,17,18). The lowest BCUT2D eigenvalue weighted by atomic mass is 10.1. The quantitative estimate of drug-likeness (QED) is 0.573. The molecule has 0 saturated carbocycles. The number of H-pyrrole nitrogens is 1. The number of primary amides is 1. The van der Waals surface area contributed by atoms with Crippen LogP contribution in [0.5, 0.6) is 0 Å². The first-order valence-corrected chi connectivity index (χ1v) is 5.47. The fraction of sp³-hybridized carbons (Fsp3) is 0.364. The number of aliphatic carboxylic acids is 1. The predicted octanol–water partition coefficient (Wildman–Crippen LogP) is 0.0967. The molecule has 0 aliphatic rings. The Balaban J connectivity index is 2.74. The Morgan fingerprint density at radius 1 is 1.50 bits per heavy atom. The number of aromatic nitrogens is 1. The Morgan fingerprint density at radius 2 is 2.17 bits per heavy atom. The van der Waals surface area contributed by atoms with Gasteiger partial charge in [-0.15, -0.1) is 0 Å². The molecule has 98 valence electrons. The number of carbonyl (C=O) groups is 3. The van der Waals surface area contributed by atoms with Crippen molar-refractivity contribution < 1.29 is 19.5 Å². The van der Waals surface area contributed by atoms with Crippen LogP contribution < -0.4 is 11.1 Å². The van der Waals surface area contributed by atoms with Crippen molar-refractivity contribution in [2.45, 2.75) is 25.8 Å². The van der Waals surface area contributed by atoms with Crippen molar-refractivity contribution >= 4 is 17.8 Å². The fourth-order valence-corrected chi connectivity index (χ4v) is 1.45. The monoisotopic (exact) mass is 253 g/mol. The zero-order valence-corrected chi connectivity index (χ0v) is 9.90. The third-order valence-corrected chi connectivity index (χ3v) is 2.39. The van der Waals surface area contributed by atoms with Gasteiger partial charge in [0, 0.05) is 6.20 Å². The molecule has 0 aliphatic heterocycles. The van der Waals surface area contributed by atoms with Gasteiger partial charge in [-0.2, -0.15) is 0 Å². The molecule has 0 bridgehead atoms. The van der Waals surface area contributed by atoms with Crippen LogP contribution in [0.15, 0.2) is 12.3 Å². The van der Waals surface area contributed by atoms with Gasteiger partial charge in [0.25, 0.3) is 5.91 Å². The first kappa shape index (κ1) is 13.8. The molecule has 1 aromatic rings. The van der Waals surface area contributed by atoms with E-state index in [2.05, 4.69) is 10.3 Å². The molecule has 7 nitrogen and oxygen atoms in total. The molecular formula is C11H15N3O4. The Bertz CT molecular complexity index is 467. The second-order valence-electron chi connectivity index (χ2n) is 3.82. The van der Waals surface area contributed by atoms with Crippen molar-refractivity contribution in [2.75, 3.05) is 0 Å². The van der Waals surface area contributed by atoms with Crippen molar-refractivity contribution in [3.8, 4) is 0 Å². The van der Waals surface area contributed by atoms with Crippen LogP contribution in [0.4, 0.5) is 0 Å². The van der Waals surface area contributed by atoms with E-state index in [0.717, 1.165) is 0 Å². The molecule has 1 aromatic heterocycles. The maximum absolute atomic E-state index is 11.7. The minimum Gasteiger partial charge on any atom is -0.480 e. The van der Waals surface area contributed by atoms with Crippen molar-refractivity contribution in [1.82, 2.24) is 10.3 Å². The molecule has 0 aliphatic carbocycles. The van der Waals surface area contributed by atoms with Crippen LogP contribution in [0.25, 0.3) is 0 Å². The number of nitrogens with two attached hydrogens (primary N) is 1. The van der Waals surface area contributed by atoms with Crippen LogP contribution in [0.3, 0.4) is 0 Å². The number of amides is 2. The molecule has 0 spiro atoms. The molecule has 1 unspecified atom stereocenters. The van der Waals surface area contributed by atoms with Gasteiger partial charge in [-0.05, 0) is 12.5 Å². The molecule has 0 radical (unpaired) electrons. The summed E-state index contributed by atoms with van der Waals surface area (Å²) in [5, 5.41) is 11.3. The predicted molar refractivity (Wildman–Crippen MR) is 63.1 cm³/mol. The summed E-state index contributed by atoms with van der Waals surface area (Å²) < 4.78 is 0. The third-order valence-electron chi connectivity index (χ3n) is 2.39. The smallest absolute Gasteiger partial charge is 0.326 e. The van der Waals surface area contributed by atoms with E-state index in [-0.39, 0.29) is 11.3 Å². The van der Waals surface area contributed by atoms with Crippen LogP contribution in [-0.4, -0.2) is 33.9 Å². The molecule has 5 N–H and O–H groups in total. The Morgan fingerprint density at radius 3 is 2.61 bits per heavy atom. The van der Waals surface area contributed by atoms with E-state index < -0.39 is 23.8 Å². The molecule has 7 heteroatoms. The lowest BCUT2D eigenvalue weighted by Gasteiger charge is -2.12. The number of carboxylic acids is 1. The van der Waals surface area contributed by atoms with E-state index in [0.29, 0.717) is 12.8 Å². The lowest BCUT2D eigenvalue weighted by molar-refractivity contribution is -0.139. The van der Waals surface area contributed by atoms with Crippen LogP contribution in [0.1, 0.15) is 40.6 Å². The number of carbonyl (C=O) groups excluding carboxylic acids is 2. The van der Waals surface area contributed by atoms with Crippen molar-refractivity contribution in [3.63, 3.8) is 0 Å². The zero-order chi connectivity index (χ0) is 13.7. The normalized spacial score (nSPS) is 11.8. The molecule has 0 fully saturated rings. The molecule has 1 atom stereocenters. The van der Waals surface area contributed by atoms with Gasteiger partial charge in [0.15, 0.2) is 0 Å². The fourth-order valence-electron chi connectivity index (χ4n) is 1.45. The largest absolute Gasteiger partial charge is 0.480 e. The number of nitrogens with one attached hydrogen (secondary N) is 2. The van der Waals surface area contributed by atoms with E-state index in [1.54, 1.807) is 0 Å². The van der Waals surface area contributed by atoms with Crippen molar-refractivity contribution in [2.24, 2.45) is 5.73 Å². The lowest BCUT2D eigenvalue weighted by Crippen LogP contribution is -2.40. The van der Waals surface area contributed by atoms with Gasteiger partial charge in [0.05, 0.1) is 5.56 Å².